The van der Waals surface area contributed by atoms with Gasteiger partial charge in [-0.05, 0) is 56.0 Å². The summed E-state index contributed by atoms with van der Waals surface area (Å²) in [7, 11) is 0. The largest absolute Gasteiger partial charge is 0.354 e. The van der Waals surface area contributed by atoms with Crippen molar-refractivity contribution in [2.24, 2.45) is 5.92 Å². The third-order valence-corrected chi connectivity index (χ3v) is 7.07. The van der Waals surface area contributed by atoms with Crippen molar-refractivity contribution in [2.45, 2.75) is 40.0 Å². The van der Waals surface area contributed by atoms with Crippen LogP contribution in [0.2, 0.25) is 5.02 Å². The highest BCUT2D eigenvalue weighted by molar-refractivity contribution is 6.30. The Hall–Kier alpha value is -3.45. The topological polar surface area (TPSA) is 67.2 Å². The van der Waals surface area contributed by atoms with Crippen LogP contribution in [0, 0.1) is 12.8 Å². The number of nitrogens with zero attached hydrogens (tertiary/aromatic N) is 6. The molecule has 0 radical (unpaired) electrons. The van der Waals surface area contributed by atoms with Crippen LogP contribution in [-0.4, -0.2) is 56.7 Å². The summed E-state index contributed by atoms with van der Waals surface area (Å²) in [6, 6.07) is 15.5. The first-order valence-corrected chi connectivity index (χ1v) is 13.4. The Kier molecular flexibility index (Phi) is 7.42. The number of rotatable bonds is 6. The zero-order chi connectivity index (χ0) is 25.9. The molecule has 1 fully saturated rings. The fourth-order valence-corrected chi connectivity index (χ4v) is 4.90. The summed E-state index contributed by atoms with van der Waals surface area (Å²) in [5, 5.41) is 6.24. The summed E-state index contributed by atoms with van der Waals surface area (Å²) >= 11 is 6.28. The Morgan fingerprint density at radius 1 is 1.03 bits per heavy atom. The number of aryl methyl sites for hydroxylation is 2. The van der Waals surface area contributed by atoms with Gasteiger partial charge in [0.1, 0.15) is 11.6 Å². The number of fused-ring (bicyclic) bond motifs is 1. The molecule has 8 heteroatoms. The first-order valence-electron chi connectivity index (χ1n) is 13.0. The monoisotopic (exact) mass is 516 g/mol. The lowest BCUT2D eigenvalue weighted by Crippen LogP contribution is -2.35. The third kappa shape index (κ3) is 5.62. The van der Waals surface area contributed by atoms with Crippen LogP contribution in [0.4, 0.5) is 5.82 Å². The number of benzene rings is 2. The zero-order valence-corrected chi connectivity index (χ0v) is 22.4. The molecule has 192 valence electrons. The van der Waals surface area contributed by atoms with Crippen molar-refractivity contribution in [3.63, 3.8) is 0 Å². The lowest BCUT2D eigenvalue weighted by molar-refractivity contribution is 0.0767. The van der Waals surface area contributed by atoms with Crippen molar-refractivity contribution in [1.82, 2.24) is 24.6 Å². The molecule has 1 saturated heterocycles. The molecule has 0 aliphatic carbocycles. The average Bonchev–Trinajstić information content (AvgIpc) is 3.16. The zero-order valence-electron chi connectivity index (χ0n) is 21.7. The van der Waals surface area contributed by atoms with Crippen molar-refractivity contribution in [2.75, 3.05) is 31.1 Å². The Labute approximate surface area is 223 Å². The molecule has 1 amide bonds. The molecule has 3 heterocycles. The number of carbonyl (C=O) groups excluding carboxylic acids is 1. The van der Waals surface area contributed by atoms with Gasteiger partial charge in [-0.1, -0.05) is 49.2 Å². The number of hydrogen-bond donors (Lipinski definition) is 0. The predicted molar refractivity (Wildman–Crippen MR) is 149 cm³/mol. The molecule has 0 N–H and O–H groups in total. The highest BCUT2D eigenvalue weighted by atomic mass is 35.5. The molecule has 1 aliphatic heterocycles. The molecular weight excluding hydrogens is 484 g/mol. The summed E-state index contributed by atoms with van der Waals surface area (Å²) in [4.78, 5) is 27.4. The lowest BCUT2D eigenvalue weighted by atomic mass is 10.1. The van der Waals surface area contributed by atoms with Crippen LogP contribution in [0.3, 0.4) is 0 Å². The maximum absolute atomic E-state index is 13.2. The molecule has 5 rings (SSSR count). The Morgan fingerprint density at radius 2 is 1.84 bits per heavy atom. The minimum absolute atomic E-state index is 0.0843. The average molecular weight is 517 g/mol. The van der Waals surface area contributed by atoms with Crippen molar-refractivity contribution in [3.05, 3.63) is 76.7 Å². The van der Waals surface area contributed by atoms with E-state index in [1.807, 2.05) is 71.2 Å². The molecule has 0 atom stereocenters. The van der Waals surface area contributed by atoms with E-state index in [1.54, 1.807) is 0 Å². The lowest BCUT2D eigenvalue weighted by Gasteiger charge is -2.24. The highest BCUT2D eigenvalue weighted by Gasteiger charge is 2.24. The summed E-state index contributed by atoms with van der Waals surface area (Å²) < 4.78 is 1.84. The minimum atomic E-state index is 0.0843. The van der Waals surface area contributed by atoms with E-state index in [0.29, 0.717) is 24.0 Å². The molecule has 0 unspecified atom stereocenters. The summed E-state index contributed by atoms with van der Waals surface area (Å²) in [5.74, 6) is 2.35. The number of amides is 1. The van der Waals surface area contributed by atoms with E-state index in [9.17, 15) is 4.79 Å². The Balaban J connectivity index is 1.46. The molecular formula is C29H33ClN6O. The van der Waals surface area contributed by atoms with E-state index >= 15 is 0 Å². The van der Waals surface area contributed by atoms with Crippen LogP contribution in [0.1, 0.15) is 48.4 Å². The van der Waals surface area contributed by atoms with E-state index in [0.717, 1.165) is 71.8 Å². The number of hydrogen-bond acceptors (Lipinski definition) is 5. The van der Waals surface area contributed by atoms with Crippen LogP contribution in [0.5, 0.6) is 0 Å². The van der Waals surface area contributed by atoms with Gasteiger partial charge < -0.3 is 9.80 Å². The molecule has 0 saturated carbocycles. The SMILES string of the molecule is Cc1ccc(C(=O)N2CCCN(c3nc(CCC(C)C)nc4c3cnn4-c3cccc(Cl)c3)CC2)cc1. The smallest absolute Gasteiger partial charge is 0.253 e. The molecule has 4 aromatic rings. The maximum atomic E-state index is 13.2. The van der Waals surface area contributed by atoms with Gasteiger partial charge in [0.15, 0.2) is 5.65 Å². The van der Waals surface area contributed by atoms with Gasteiger partial charge in [-0.15, -0.1) is 0 Å². The first-order chi connectivity index (χ1) is 17.9. The number of halogens is 1. The maximum Gasteiger partial charge on any atom is 0.253 e. The van der Waals surface area contributed by atoms with Crippen LogP contribution < -0.4 is 4.90 Å². The van der Waals surface area contributed by atoms with Crippen LogP contribution >= 0.6 is 11.6 Å². The van der Waals surface area contributed by atoms with Crippen LogP contribution in [-0.2, 0) is 6.42 Å². The van der Waals surface area contributed by atoms with Gasteiger partial charge in [-0.3, -0.25) is 4.79 Å². The van der Waals surface area contributed by atoms with Crippen LogP contribution in [0.15, 0.2) is 54.7 Å². The van der Waals surface area contributed by atoms with Gasteiger partial charge in [0.2, 0.25) is 0 Å². The van der Waals surface area contributed by atoms with E-state index in [1.165, 1.54) is 0 Å². The first kappa shape index (κ1) is 25.2. The molecule has 7 nitrogen and oxygen atoms in total. The normalized spacial score (nSPS) is 14.4. The van der Waals surface area contributed by atoms with Crippen molar-refractivity contribution < 1.29 is 4.79 Å². The molecule has 2 aromatic heterocycles. The van der Waals surface area contributed by atoms with Gasteiger partial charge in [0.25, 0.3) is 5.91 Å². The molecule has 0 bridgehead atoms. The number of anilines is 1. The summed E-state index contributed by atoms with van der Waals surface area (Å²) in [6.45, 7) is 9.34. The fourth-order valence-electron chi connectivity index (χ4n) is 4.72. The quantitative estimate of drug-likeness (QED) is 0.328. The number of aromatic nitrogens is 4. The fraction of sp³-hybridized carbons (Fsp3) is 0.379. The Bertz CT molecular complexity index is 1400. The van der Waals surface area contributed by atoms with Gasteiger partial charge in [0, 0.05) is 43.2 Å². The van der Waals surface area contributed by atoms with Crippen molar-refractivity contribution in [3.8, 4) is 5.69 Å². The van der Waals surface area contributed by atoms with Crippen LogP contribution in [0.25, 0.3) is 16.7 Å². The Morgan fingerprint density at radius 3 is 2.59 bits per heavy atom. The summed E-state index contributed by atoms with van der Waals surface area (Å²) in [6.07, 6.45) is 4.52. The molecule has 37 heavy (non-hydrogen) atoms. The summed E-state index contributed by atoms with van der Waals surface area (Å²) in [5.41, 5.74) is 3.54. The predicted octanol–water partition coefficient (Wildman–Crippen LogP) is 5.72. The highest BCUT2D eigenvalue weighted by Crippen LogP contribution is 2.28. The van der Waals surface area contributed by atoms with Crippen molar-refractivity contribution >= 4 is 34.4 Å². The van der Waals surface area contributed by atoms with E-state index < -0.39 is 0 Å². The van der Waals surface area contributed by atoms with Gasteiger partial charge in [0.05, 0.1) is 17.3 Å². The van der Waals surface area contributed by atoms with Gasteiger partial charge in [-0.2, -0.15) is 5.10 Å². The standard InChI is InChI=1S/C29H33ClN6O/c1-20(2)8-13-26-32-27(25-19-31-36(28(25)33-26)24-7-4-6-23(30)18-24)34-14-5-15-35(17-16-34)29(37)22-11-9-21(3)10-12-22/h4,6-7,9-12,18-20H,5,8,13-17H2,1-3H3. The third-order valence-electron chi connectivity index (χ3n) is 6.83. The molecule has 2 aromatic carbocycles. The second-order valence-electron chi connectivity index (χ2n) is 10.2. The van der Waals surface area contributed by atoms with E-state index in [-0.39, 0.29) is 5.91 Å². The molecule has 0 spiro atoms. The van der Waals surface area contributed by atoms with Gasteiger partial charge >= 0.3 is 0 Å². The molecule has 1 aliphatic rings. The van der Waals surface area contributed by atoms with E-state index in [4.69, 9.17) is 21.6 Å². The minimum Gasteiger partial charge on any atom is -0.354 e. The second-order valence-corrected chi connectivity index (χ2v) is 10.6. The number of carbonyl (C=O) groups is 1. The van der Waals surface area contributed by atoms with Gasteiger partial charge in [-0.25, -0.2) is 14.6 Å². The second kappa shape index (κ2) is 10.9. The van der Waals surface area contributed by atoms with E-state index in [2.05, 4.69) is 23.8 Å². The van der Waals surface area contributed by atoms with Crippen molar-refractivity contribution in [1.29, 1.82) is 0 Å².